The Balaban J connectivity index is 2.71. The van der Waals surface area contributed by atoms with Crippen molar-refractivity contribution in [2.75, 3.05) is 0 Å². The summed E-state index contributed by atoms with van der Waals surface area (Å²) < 4.78 is 2.79. The number of hydrogen-bond donors (Lipinski definition) is 1. The van der Waals surface area contributed by atoms with Gasteiger partial charge in [0.2, 0.25) is 0 Å². The monoisotopic (exact) mass is 193 g/mol. The van der Waals surface area contributed by atoms with Crippen molar-refractivity contribution in [3.05, 3.63) is 23.1 Å². The number of nitrogens with zero attached hydrogens (tertiary/aromatic N) is 2. The van der Waals surface area contributed by atoms with E-state index in [1.54, 1.807) is 6.20 Å². The minimum atomic E-state index is 0.760. The highest BCUT2D eigenvalue weighted by molar-refractivity contribution is 7.71. The molecular weight excluding hydrogens is 182 g/mol. The van der Waals surface area contributed by atoms with Gasteiger partial charge >= 0.3 is 0 Å². The Morgan fingerprint density at radius 2 is 2.46 bits per heavy atom. The molecule has 2 aromatic rings. The lowest BCUT2D eigenvalue weighted by Gasteiger charge is -1.98. The maximum atomic E-state index is 5.19. The van der Waals surface area contributed by atoms with E-state index in [0.717, 1.165) is 28.9 Å². The molecule has 0 aliphatic heterocycles. The minimum absolute atomic E-state index is 0.760. The van der Waals surface area contributed by atoms with E-state index in [4.69, 9.17) is 12.2 Å². The van der Waals surface area contributed by atoms with Gasteiger partial charge in [-0.1, -0.05) is 6.92 Å². The zero-order valence-corrected chi connectivity index (χ0v) is 8.27. The highest BCUT2D eigenvalue weighted by atomic mass is 32.1. The Kier molecular flexibility index (Phi) is 2.14. The molecule has 0 spiro atoms. The fraction of sp³-hybridized carbons (Fsp3) is 0.333. The molecule has 1 N–H and O–H groups in total. The first-order chi connectivity index (χ1) is 6.33. The minimum Gasteiger partial charge on any atom is -0.329 e. The van der Waals surface area contributed by atoms with Crippen LogP contribution >= 0.6 is 12.2 Å². The van der Waals surface area contributed by atoms with Crippen LogP contribution in [0.2, 0.25) is 0 Å². The van der Waals surface area contributed by atoms with E-state index in [-0.39, 0.29) is 0 Å². The number of nitrogens with one attached hydrogen (secondary N) is 1. The van der Waals surface area contributed by atoms with E-state index in [1.807, 2.05) is 16.7 Å². The molecule has 0 saturated carbocycles. The largest absolute Gasteiger partial charge is 0.329 e. The van der Waals surface area contributed by atoms with Gasteiger partial charge in [0.15, 0.2) is 10.4 Å². The maximum absolute atomic E-state index is 5.19. The van der Waals surface area contributed by atoms with E-state index < -0.39 is 0 Å². The van der Waals surface area contributed by atoms with E-state index in [9.17, 15) is 0 Å². The van der Waals surface area contributed by atoms with Crippen LogP contribution in [0.3, 0.4) is 0 Å². The van der Waals surface area contributed by atoms with Crippen molar-refractivity contribution >= 4 is 23.4 Å². The lowest BCUT2D eigenvalue weighted by Crippen LogP contribution is -1.97. The predicted molar refractivity (Wildman–Crippen MR) is 55.2 cm³/mol. The van der Waals surface area contributed by atoms with Gasteiger partial charge in [0.05, 0.1) is 5.52 Å². The van der Waals surface area contributed by atoms with Gasteiger partial charge in [-0.05, 0) is 30.8 Å². The van der Waals surface area contributed by atoms with Gasteiger partial charge in [0.1, 0.15) is 0 Å². The number of fused-ring (bicyclic) bond motifs is 1. The second kappa shape index (κ2) is 3.30. The van der Waals surface area contributed by atoms with Crippen molar-refractivity contribution in [1.29, 1.82) is 0 Å². The molecule has 0 fully saturated rings. The van der Waals surface area contributed by atoms with Crippen LogP contribution in [0.5, 0.6) is 0 Å². The van der Waals surface area contributed by atoms with Gasteiger partial charge in [-0.25, -0.2) is 4.98 Å². The fourth-order valence-corrected chi connectivity index (χ4v) is 1.71. The number of aryl methyl sites for hydroxylation is 1. The van der Waals surface area contributed by atoms with Crippen LogP contribution in [0.25, 0.3) is 11.2 Å². The van der Waals surface area contributed by atoms with Gasteiger partial charge in [-0.2, -0.15) is 0 Å². The molecule has 0 atom stereocenters. The van der Waals surface area contributed by atoms with E-state index >= 15 is 0 Å². The van der Waals surface area contributed by atoms with Gasteiger partial charge in [-0.3, -0.25) is 0 Å². The summed E-state index contributed by atoms with van der Waals surface area (Å²) in [6.07, 6.45) is 2.86. The Morgan fingerprint density at radius 3 is 3.23 bits per heavy atom. The SMILES string of the molecule is CCCn1c(=S)[nH]c2cccnc21. The van der Waals surface area contributed by atoms with Crippen LogP contribution < -0.4 is 0 Å². The van der Waals surface area contributed by atoms with Crippen molar-refractivity contribution in [2.24, 2.45) is 0 Å². The average molecular weight is 193 g/mol. The first-order valence-electron chi connectivity index (χ1n) is 4.36. The third-order valence-corrected chi connectivity index (χ3v) is 2.30. The van der Waals surface area contributed by atoms with Crippen LogP contribution in [0.15, 0.2) is 18.3 Å². The number of aromatic nitrogens is 3. The summed E-state index contributed by atoms with van der Waals surface area (Å²) in [5.41, 5.74) is 1.97. The molecule has 2 aromatic heterocycles. The third-order valence-electron chi connectivity index (χ3n) is 1.98. The molecule has 0 amide bonds. The smallest absolute Gasteiger partial charge is 0.179 e. The molecule has 68 valence electrons. The Bertz CT molecular complexity index is 469. The summed E-state index contributed by atoms with van der Waals surface area (Å²) in [7, 11) is 0. The van der Waals surface area contributed by atoms with E-state index in [1.165, 1.54) is 0 Å². The highest BCUT2D eigenvalue weighted by Gasteiger charge is 2.02. The van der Waals surface area contributed by atoms with E-state index in [2.05, 4.69) is 16.9 Å². The molecule has 2 rings (SSSR count). The number of H-pyrrole nitrogens is 1. The first kappa shape index (κ1) is 8.44. The normalized spacial score (nSPS) is 10.8. The molecule has 0 radical (unpaired) electrons. The maximum Gasteiger partial charge on any atom is 0.179 e. The van der Waals surface area contributed by atoms with Crippen molar-refractivity contribution in [3.63, 3.8) is 0 Å². The Hall–Kier alpha value is -1.16. The number of aromatic amines is 1. The summed E-state index contributed by atoms with van der Waals surface area (Å²) >= 11 is 5.19. The van der Waals surface area contributed by atoms with Crippen molar-refractivity contribution in [1.82, 2.24) is 14.5 Å². The number of hydrogen-bond acceptors (Lipinski definition) is 2. The topological polar surface area (TPSA) is 33.6 Å². The molecule has 0 aliphatic carbocycles. The molecular formula is C9H11N3S. The standard InChI is InChI=1S/C9H11N3S/c1-2-6-12-8-7(11-9(12)13)4-3-5-10-8/h3-5H,2,6H2,1H3,(H,11,13). The van der Waals surface area contributed by atoms with Gasteiger partial charge in [0, 0.05) is 12.7 Å². The lowest BCUT2D eigenvalue weighted by molar-refractivity contribution is 0.683. The second-order valence-corrected chi connectivity index (χ2v) is 3.34. The van der Waals surface area contributed by atoms with Crippen molar-refractivity contribution in [3.8, 4) is 0 Å². The van der Waals surface area contributed by atoms with Crippen molar-refractivity contribution in [2.45, 2.75) is 19.9 Å². The Labute approximate surface area is 81.4 Å². The molecule has 2 heterocycles. The summed E-state index contributed by atoms with van der Waals surface area (Å²) in [4.78, 5) is 7.41. The number of rotatable bonds is 2. The zero-order valence-electron chi connectivity index (χ0n) is 7.45. The summed E-state index contributed by atoms with van der Waals surface area (Å²) in [6, 6.07) is 3.90. The molecule has 0 aliphatic rings. The molecule has 4 heteroatoms. The summed E-state index contributed by atoms with van der Waals surface area (Å²) in [5, 5.41) is 0. The fourth-order valence-electron chi connectivity index (χ4n) is 1.42. The van der Waals surface area contributed by atoms with Gasteiger partial charge < -0.3 is 9.55 Å². The number of pyridine rings is 1. The summed E-state index contributed by atoms with van der Waals surface area (Å²) in [6.45, 7) is 3.05. The molecule has 13 heavy (non-hydrogen) atoms. The van der Waals surface area contributed by atoms with Crippen LogP contribution in [-0.4, -0.2) is 14.5 Å². The molecule has 0 saturated heterocycles. The molecule has 0 aromatic carbocycles. The number of imidazole rings is 1. The van der Waals surface area contributed by atoms with Gasteiger partial charge in [0.25, 0.3) is 0 Å². The lowest BCUT2D eigenvalue weighted by atomic mass is 10.4. The van der Waals surface area contributed by atoms with Crippen LogP contribution in [0.4, 0.5) is 0 Å². The highest BCUT2D eigenvalue weighted by Crippen LogP contribution is 2.10. The molecule has 0 bridgehead atoms. The van der Waals surface area contributed by atoms with Crippen molar-refractivity contribution < 1.29 is 0 Å². The third kappa shape index (κ3) is 1.37. The average Bonchev–Trinajstić information content (AvgIpc) is 2.44. The molecule has 3 nitrogen and oxygen atoms in total. The molecule has 0 unspecified atom stereocenters. The zero-order chi connectivity index (χ0) is 9.26. The second-order valence-electron chi connectivity index (χ2n) is 2.96. The quantitative estimate of drug-likeness (QED) is 0.743. The Morgan fingerprint density at radius 1 is 1.62 bits per heavy atom. The van der Waals surface area contributed by atoms with E-state index in [0.29, 0.717) is 0 Å². The van der Waals surface area contributed by atoms with Gasteiger partial charge in [-0.15, -0.1) is 0 Å². The predicted octanol–water partition coefficient (Wildman–Crippen LogP) is 2.50. The van der Waals surface area contributed by atoms with Crippen LogP contribution in [-0.2, 0) is 6.54 Å². The first-order valence-corrected chi connectivity index (χ1v) is 4.77. The summed E-state index contributed by atoms with van der Waals surface area (Å²) in [5.74, 6) is 0. The van der Waals surface area contributed by atoms with Crippen LogP contribution in [0.1, 0.15) is 13.3 Å². The van der Waals surface area contributed by atoms with Crippen LogP contribution in [0, 0.1) is 4.77 Å².